The lowest BCUT2D eigenvalue weighted by molar-refractivity contribution is -0.140. The number of hydrogen-bond donors (Lipinski definition) is 1. The summed E-state index contributed by atoms with van der Waals surface area (Å²) in [4.78, 5) is 16.3. The van der Waals surface area contributed by atoms with E-state index in [1.165, 1.54) is 11.6 Å². The monoisotopic (exact) mass is 469 g/mol. The fourth-order valence-electron chi connectivity index (χ4n) is 3.85. The molecule has 0 spiro atoms. The van der Waals surface area contributed by atoms with Gasteiger partial charge in [-0.05, 0) is 43.2 Å². The maximum Gasteiger partial charge on any atom is 0.433 e. The van der Waals surface area contributed by atoms with Crippen LogP contribution in [0.5, 0.6) is 0 Å². The van der Waals surface area contributed by atoms with E-state index < -0.39 is 11.9 Å². The Bertz CT molecular complexity index is 1240. The zero-order valence-electron chi connectivity index (χ0n) is 17.5. The number of hydrogen-bond acceptors (Lipinski definition) is 4. The number of carbonyl (C=O) groups is 1. The third-order valence-corrected chi connectivity index (χ3v) is 6.55. The number of pyridine rings is 1. The van der Waals surface area contributed by atoms with Gasteiger partial charge in [-0.25, -0.2) is 4.98 Å². The van der Waals surface area contributed by atoms with Gasteiger partial charge in [0.1, 0.15) is 11.4 Å². The molecule has 1 aromatic heterocycles. The topological polar surface area (TPSA) is 78.1 Å². The molecule has 1 N–H and O–H groups in total. The molecule has 1 amide bonds. The van der Waals surface area contributed by atoms with Crippen LogP contribution >= 0.6 is 0 Å². The number of nitriles is 1. The number of nitrogens with one attached hydrogen (secondary N) is 1. The summed E-state index contributed by atoms with van der Waals surface area (Å²) in [6.45, 7) is 0. The Morgan fingerprint density at radius 1 is 1.15 bits per heavy atom. The van der Waals surface area contributed by atoms with Gasteiger partial charge in [0.25, 0.3) is 5.91 Å². The smallest absolute Gasteiger partial charge is 0.349 e. The average molecular weight is 470 g/mol. The summed E-state index contributed by atoms with van der Waals surface area (Å²) in [5, 5.41) is 12.6. The van der Waals surface area contributed by atoms with Crippen molar-refractivity contribution in [3.8, 4) is 6.07 Å². The molecule has 0 aliphatic heterocycles. The van der Waals surface area contributed by atoms with E-state index in [-0.39, 0.29) is 28.4 Å². The molecular weight excluding hydrogens is 449 g/mol. The lowest BCUT2D eigenvalue weighted by Crippen LogP contribution is -2.39. The first-order chi connectivity index (χ1) is 15.8. The van der Waals surface area contributed by atoms with Crippen LogP contribution < -0.4 is 5.32 Å². The second-order valence-corrected chi connectivity index (χ2v) is 8.95. The van der Waals surface area contributed by atoms with Crippen LogP contribution in [0.2, 0.25) is 0 Å². The number of rotatable bonds is 4. The molecule has 168 valence electrons. The third-order valence-electron chi connectivity index (χ3n) is 5.52. The van der Waals surface area contributed by atoms with Crippen molar-refractivity contribution in [3.05, 3.63) is 71.4 Å². The zero-order valence-corrected chi connectivity index (χ0v) is 18.3. The Hall–Kier alpha value is -3.38. The lowest BCUT2D eigenvalue weighted by atomic mass is 9.94. The maximum absolute atomic E-state index is 13.3. The molecule has 4 rings (SSSR count). The lowest BCUT2D eigenvalue weighted by Gasteiger charge is -2.22. The number of benzene rings is 2. The highest BCUT2D eigenvalue weighted by molar-refractivity contribution is 7.69. The highest BCUT2D eigenvalue weighted by atomic mass is 32.1. The van der Waals surface area contributed by atoms with E-state index in [0.717, 1.165) is 25.3 Å². The number of carbonyl (C=O) groups excluding carboxylic acids is 1. The molecule has 1 fully saturated rings. The van der Waals surface area contributed by atoms with Crippen molar-refractivity contribution in [2.24, 2.45) is 4.36 Å². The summed E-state index contributed by atoms with van der Waals surface area (Å²) in [6, 6.07) is 16.0. The number of aromatic nitrogens is 1. The minimum atomic E-state index is -4.55. The standard InChI is InChI=1S/C24H19F3N4OS/c25-24(26,27)22-13-21(19-6-1-2-7-20(19)30-22)31-33-18-5-3-4-17(12-18)29-23(32)16-10-8-15(14-28)9-11-16/h1-2,6-11,13,17-18H,3-5,12H2/p+1. The molecule has 0 radical (unpaired) electrons. The first kappa shape index (κ1) is 22.8. The molecule has 9 heteroatoms. The van der Waals surface area contributed by atoms with E-state index in [9.17, 15) is 18.0 Å². The minimum absolute atomic E-state index is 0.0467. The molecule has 3 aromatic rings. The molecule has 2 atom stereocenters. The number of para-hydroxylation sites is 1. The van der Waals surface area contributed by atoms with Gasteiger partial charge < -0.3 is 5.32 Å². The Kier molecular flexibility index (Phi) is 6.65. The van der Waals surface area contributed by atoms with Crippen LogP contribution in [0.25, 0.3) is 10.9 Å². The van der Waals surface area contributed by atoms with E-state index >= 15 is 0 Å². The molecular formula is C24H20F3N4OS+. The van der Waals surface area contributed by atoms with Gasteiger partial charge in [0, 0.05) is 40.3 Å². The Balaban J connectivity index is 1.48. The van der Waals surface area contributed by atoms with Crippen molar-refractivity contribution in [1.29, 1.82) is 5.26 Å². The van der Waals surface area contributed by atoms with Crippen molar-refractivity contribution in [1.82, 2.24) is 10.3 Å². The van der Waals surface area contributed by atoms with Crippen LogP contribution in [0.4, 0.5) is 18.9 Å². The molecule has 1 heterocycles. The van der Waals surface area contributed by atoms with Crippen LogP contribution in [0.1, 0.15) is 47.3 Å². The van der Waals surface area contributed by atoms with Crippen LogP contribution in [0.3, 0.4) is 0 Å². The molecule has 1 aliphatic carbocycles. The van der Waals surface area contributed by atoms with Gasteiger partial charge in [0.15, 0.2) is 0 Å². The van der Waals surface area contributed by atoms with Crippen molar-refractivity contribution in [3.63, 3.8) is 0 Å². The fourth-order valence-corrected chi connectivity index (χ4v) is 4.85. The number of alkyl halides is 3. The van der Waals surface area contributed by atoms with Crippen molar-refractivity contribution in [2.75, 3.05) is 0 Å². The minimum Gasteiger partial charge on any atom is -0.349 e. The molecule has 0 saturated heterocycles. The molecule has 2 aromatic carbocycles. The molecule has 5 nitrogen and oxygen atoms in total. The largest absolute Gasteiger partial charge is 0.433 e. The molecule has 0 bridgehead atoms. The van der Waals surface area contributed by atoms with Crippen LogP contribution in [-0.4, -0.2) is 22.2 Å². The first-order valence-corrected chi connectivity index (χ1v) is 11.3. The summed E-state index contributed by atoms with van der Waals surface area (Å²) in [5.74, 6) is -0.206. The van der Waals surface area contributed by atoms with Crippen molar-refractivity contribution < 1.29 is 18.0 Å². The van der Waals surface area contributed by atoms with E-state index in [1.54, 1.807) is 48.5 Å². The Morgan fingerprint density at radius 2 is 1.91 bits per heavy atom. The van der Waals surface area contributed by atoms with Crippen LogP contribution in [0, 0.1) is 11.3 Å². The van der Waals surface area contributed by atoms with Gasteiger partial charge in [-0.15, -0.1) is 0 Å². The Morgan fingerprint density at radius 3 is 2.64 bits per heavy atom. The normalized spacial score (nSPS) is 18.8. The van der Waals surface area contributed by atoms with E-state index in [4.69, 9.17) is 5.26 Å². The Labute approximate surface area is 192 Å². The summed E-state index contributed by atoms with van der Waals surface area (Å²) < 4.78 is 44.3. The highest BCUT2D eigenvalue weighted by Crippen LogP contribution is 2.34. The maximum atomic E-state index is 13.3. The first-order valence-electron chi connectivity index (χ1n) is 10.5. The SMILES string of the molecule is N#Cc1ccc(C(=O)NC2CCCC([S+]=Nc3cc(C(F)(F)F)nc4ccccc34)C2)cc1. The number of nitrogens with zero attached hydrogens (tertiary/aromatic N) is 3. The summed E-state index contributed by atoms with van der Waals surface area (Å²) in [6.07, 6.45) is -1.30. The highest BCUT2D eigenvalue weighted by Gasteiger charge is 2.34. The van der Waals surface area contributed by atoms with Crippen LogP contribution in [-0.2, 0) is 17.7 Å². The van der Waals surface area contributed by atoms with Gasteiger partial charge in [-0.2, -0.15) is 18.4 Å². The van der Waals surface area contributed by atoms with Gasteiger partial charge >= 0.3 is 17.7 Å². The predicted molar refractivity (Wildman–Crippen MR) is 121 cm³/mol. The quantitative estimate of drug-likeness (QED) is 0.493. The van der Waals surface area contributed by atoms with Gasteiger partial charge in [-0.3, -0.25) is 4.79 Å². The van der Waals surface area contributed by atoms with E-state index in [2.05, 4.69) is 14.7 Å². The number of halogens is 3. The van der Waals surface area contributed by atoms with Crippen molar-refractivity contribution >= 4 is 34.1 Å². The average Bonchev–Trinajstić information content (AvgIpc) is 2.82. The molecule has 1 aliphatic rings. The third kappa shape index (κ3) is 5.52. The molecule has 1 saturated carbocycles. The number of amides is 1. The summed E-state index contributed by atoms with van der Waals surface area (Å²) >= 11 is 1.26. The predicted octanol–water partition coefficient (Wildman–Crippen LogP) is 5.76. The number of fused-ring (bicyclic) bond motifs is 1. The molecule has 2 unspecified atom stereocenters. The zero-order chi connectivity index (χ0) is 23.4. The summed E-state index contributed by atoms with van der Waals surface area (Å²) in [7, 11) is 0. The van der Waals surface area contributed by atoms with Gasteiger partial charge in [0.2, 0.25) is 5.25 Å². The molecule has 33 heavy (non-hydrogen) atoms. The van der Waals surface area contributed by atoms with E-state index in [1.807, 2.05) is 6.07 Å². The second kappa shape index (κ2) is 9.63. The van der Waals surface area contributed by atoms with E-state index in [0.29, 0.717) is 22.9 Å². The summed E-state index contributed by atoms with van der Waals surface area (Å²) in [5.41, 5.74) is 0.511. The van der Waals surface area contributed by atoms with Gasteiger partial charge in [0.05, 0.1) is 17.1 Å². The second-order valence-electron chi connectivity index (χ2n) is 7.89. The fraction of sp³-hybridized carbons (Fsp3) is 0.292. The van der Waals surface area contributed by atoms with Crippen LogP contribution in [0.15, 0.2) is 59.0 Å². The van der Waals surface area contributed by atoms with Crippen molar-refractivity contribution in [2.45, 2.75) is 43.2 Å². The van der Waals surface area contributed by atoms with Gasteiger partial charge in [-0.1, -0.05) is 18.2 Å².